The number of aliphatic carboxylic acids is 1. The Kier molecular flexibility index (Phi) is 5.69. The molecule has 0 amide bonds. The third-order valence-electron chi connectivity index (χ3n) is 3.17. The number of para-hydroxylation sites is 1. The first-order valence-electron chi connectivity index (χ1n) is 6.70. The van der Waals surface area contributed by atoms with Crippen LogP contribution in [0.2, 0.25) is 0 Å². The van der Waals surface area contributed by atoms with Gasteiger partial charge in [-0.2, -0.15) is 0 Å². The summed E-state index contributed by atoms with van der Waals surface area (Å²) in [6, 6.07) is 8.52. The van der Waals surface area contributed by atoms with Crippen molar-refractivity contribution in [2.45, 2.75) is 30.7 Å². The summed E-state index contributed by atoms with van der Waals surface area (Å²) >= 11 is 0. The Labute approximate surface area is 126 Å². The van der Waals surface area contributed by atoms with Gasteiger partial charge < -0.3 is 34.6 Å². The predicted octanol–water partition coefficient (Wildman–Crippen LogP) is -1.03. The maximum absolute atomic E-state index is 10.4. The van der Waals surface area contributed by atoms with Crippen molar-refractivity contribution in [3.05, 3.63) is 30.3 Å². The van der Waals surface area contributed by atoms with Crippen molar-refractivity contribution in [2.75, 3.05) is 13.2 Å². The molecule has 0 bridgehead atoms. The molecule has 0 saturated carbocycles. The van der Waals surface area contributed by atoms with E-state index in [2.05, 4.69) is 0 Å². The first-order chi connectivity index (χ1) is 10.5. The van der Waals surface area contributed by atoms with Gasteiger partial charge in [0.2, 0.25) is 6.29 Å². The number of carboxylic acids is 1. The molecule has 1 heterocycles. The summed E-state index contributed by atoms with van der Waals surface area (Å²) in [6.07, 6.45) is -6.60. The van der Waals surface area contributed by atoms with Gasteiger partial charge in [0, 0.05) is 0 Å². The van der Waals surface area contributed by atoms with Crippen molar-refractivity contribution < 1.29 is 39.4 Å². The maximum atomic E-state index is 10.4. The average Bonchev–Trinajstić information content (AvgIpc) is 2.50. The number of aliphatic hydroxyl groups is 3. The molecule has 1 aliphatic heterocycles. The zero-order valence-electron chi connectivity index (χ0n) is 11.6. The second-order valence-electron chi connectivity index (χ2n) is 4.85. The summed E-state index contributed by atoms with van der Waals surface area (Å²) < 4.78 is 15.6. The minimum atomic E-state index is -1.50. The molecule has 0 aliphatic carbocycles. The van der Waals surface area contributed by atoms with Crippen molar-refractivity contribution in [2.24, 2.45) is 0 Å². The van der Waals surface area contributed by atoms with Gasteiger partial charge in [-0.1, -0.05) is 18.2 Å². The number of ether oxygens (including phenoxy) is 3. The molecule has 5 atom stereocenters. The molecule has 1 saturated heterocycles. The van der Waals surface area contributed by atoms with Crippen molar-refractivity contribution >= 4 is 5.97 Å². The fourth-order valence-electron chi connectivity index (χ4n) is 2.05. The van der Waals surface area contributed by atoms with Gasteiger partial charge in [0.1, 0.15) is 36.8 Å². The number of hydrogen-bond donors (Lipinski definition) is 4. The summed E-state index contributed by atoms with van der Waals surface area (Å²) in [5, 5.41) is 38.1. The Morgan fingerprint density at radius 1 is 1.09 bits per heavy atom. The van der Waals surface area contributed by atoms with E-state index in [-0.39, 0.29) is 6.61 Å². The van der Waals surface area contributed by atoms with Crippen LogP contribution in [0, 0.1) is 0 Å². The van der Waals surface area contributed by atoms with Crippen LogP contribution in [0.25, 0.3) is 0 Å². The number of hydrogen-bond acceptors (Lipinski definition) is 7. The van der Waals surface area contributed by atoms with E-state index in [0.29, 0.717) is 5.75 Å². The second-order valence-corrected chi connectivity index (χ2v) is 4.85. The van der Waals surface area contributed by atoms with Crippen LogP contribution >= 0.6 is 0 Å². The fraction of sp³-hybridized carbons (Fsp3) is 0.500. The van der Waals surface area contributed by atoms with Crippen LogP contribution in [0.4, 0.5) is 0 Å². The molecule has 122 valence electrons. The molecule has 1 fully saturated rings. The lowest BCUT2D eigenvalue weighted by molar-refractivity contribution is -0.279. The number of aliphatic hydroxyl groups excluding tert-OH is 3. The SMILES string of the molecule is O=C(O)COCC1OC(Oc2ccccc2)C(O)C(O)C1O. The van der Waals surface area contributed by atoms with E-state index in [0.717, 1.165) is 0 Å². The Bertz CT molecular complexity index is 479. The predicted molar refractivity (Wildman–Crippen MR) is 72.2 cm³/mol. The first kappa shape index (κ1) is 16.7. The third kappa shape index (κ3) is 4.15. The largest absolute Gasteiger partial charge is 0.480 e. The molecule has 8 nitrogen and oxygen atoms in total. The van der Waals surface area contributed by atoms with Gasteiger partial charge in [-0.15, -0.1) is 0 Å². The number of benzene rings is 1. The molecule has 1 aromatic carbocycles. The summed E-state index contributed by atoms with van der Waals surface area (Å²) in [5.41, 5.74) is 0. The number of carboxylic acid groups (broad SMARTS) is 1. The highest BCUT2D eigenvalue weighted by Crippen LogP contribution is 2.24. The topological polar surface area (TPSA) is 126 Å². The Hall–Kier alpha value is -1.71. The van der Waals surface area contributed by atoms with Crippen molar-refractivity contribution in [1.82, 2.24) is 0 Å². The summed E-state index contributed by atoms with van der Waals surface area (Å²) in [6.45, 7) is -0.818. The molecule has 0 spiro atoms. The zero-order chi connectivity index (χ0) is 16.1. The lowest BCUT2D eigenvalue weighted by Gasteiger charge is -2.40. The van der Waals surface area contributed by atoms with Gasteiger partial charge in [-0.25, -0.2) is 4.79 Å². The Morgan fingerprint density at radius 2 is 1.77 bits per heavy atom. The summed E-state index contributed by atoms with van der Waals surface area (Å²) in [7, 11) is 0. The van der Waals surface area contributed by atoms with E-state index in [1.54, 1.807) is 30.3 Å². The highest BCUT2D eigenvalue weighted by atomic mass is 16.7. The van der Waals surface area contributed by atoms with E-state index < -0.39 is 43.3 Å². The van der Waals surface area contributed by atoms with Crippen molar-refractivity contribution in [3.8, 4) is 5.75 Å². The van der Waals surface area contributed by atoms with Crippen molar-refractivity contribution in [3.63, 3.8) is 0 Å². The van der Waals surface area contributed by atoms with Crippen molar-refractivity contribution in [1.29, 1.82) is 0 Å². The monoisotopic (exact) mass is 314 g/mol. The Morgan fingerprint density at radius 3 is 2.41 bits per heavy atom. The Balaban J connectivity index is 1.99. The summed E-state index contributed by atoms with van der Waals surface area (Å²) in [5.74, 6) is -0.747. The molecule has 5 unspecified atom stereocenters. The van der Waals surface area contributed by atoms with Crippen LogP contribution in [0.15, 0.2) is 30.3 Å². The normalized spacial score (nSPS) is 31.7. The van der Waals surface area contributed by atoms with Gasteiger partial charge in [-0.3, -0.25) is 0 Å². The lowest BCUT2D eigenvalue weighted by Crippen LogP contribution is -2.60. The molecular weight excluding hydrogens is 296 g/mol. The fourth-order valence-corrected chi connectivity index (χ4v) is 2.05. The third-order valence-corrected chi connectivity index (χ3v) is 3.17. The van der Waals surface area contributed by atoms with E-state index in [4.69, 9.17) is 19.3 Å². The maximum Gasteiger partial charge on any atom is 0.329 e. The van der Waals surface area contributed by atoms with E-state index >= 15 is 0 Å². The van der Waals surface area contributed by atoms with E-state index in [9.17, 15) is 20.1 Å². The van der Waals surface area contributed by atoms with Gasteiger partial charge in [-0.05, 0) is 12.1 Å². The second kappa shape index (κ2) is 7.52. The van der Waals surface area contributed by atoms with E-state index in [1.165, 1.54) is 0 Å². The standard InChI is InChI=1S/C14H18O8/c15-10(16)7-20-6-9-11(17)12(18)13(19)14(22-9)21-8-4-2-1-3-5-8/h1-5,9,11-14,17-19H,6-7H2,(H,15,16). The van der Waals surface area contributed by atoms with Gasteiger partial charge in [0.25, 0.3) is 0 Å². The number of rotatable bonds is 6. The molecule has 22 heavy (non-hydrogen) atoms. The minimum Gasteiger partial charge on any atom is -0.480 e. The zero-order valence-corrected chi connectivity index (χ0v) is 11.6. The smallest absolute Gasteiger partial charge is 0.329 e. The van der Waals surface area contributed by atoms with E-state index in [1.807, 2.05) is 0 Å². The molecule has 0 radical (unpaired) electrons. The molecule has 1 aromatic rings. The van der Waals surface area contributed by atoms with Gasteiger partial charge in [0.15, 0.2) is 0 Å². The van der Waals surface area contributed by atoms with Crippen LogP contribution in [-0.4, -0.2) is 70.3 Å². The van der Waals surface area contributed by atoms with Crippen LogP contribution in [0.5, 0.6) is 5.75 Å². The molecule has 2 rings (SSSR count). The minimum absolute atomic E-state index is 0.258. The summed E-state index contributed by atoms with van der Waals surface area (Å²) in [4.78, 5) is 10.4. The molecule has 1 aliphatic rings. The van der Waals surface area contributed by atoms with Gasteiger partial charge in [0.05, 0.1) is 6.61 Å². The van der Waals surface area contributed by atoms with Crippen LogP contribution in [0.1, 0.15) is 0 Å². The van der Waals surface area contributed by atoms with Gasteiger partial charge >= 0.3 is 5.97 Å². The van der Waals surface area contributed by atoms with Crippen LogP contribution in [-0.2, 0) is 14.3 Å². The first-order valence-corrected chi connectivity index (χ1v) is 6.70. The molecular formula is C14H18O8. The quantitative estimate of drug-likeness (QED) is 0.525. The van der Waals surface area contributed by atoms with Crippen LogP contribution < -0.4 is 4.74 Å². The molecule has 4 N–H and O–H groups in total. The number of carbonyl (C=O) groups is 1. The van der Waals surface area contributed by atoms with Crippen LogP contribution in [0.3, 0.4) is 0 Å². The average molecular weight is 314 g/mol. The molecule has 0 aromatic heterocycles. The highest BCUT2D eigenvalue weighted by Gasteiger charge is 2.45. The molecule has 8 heteroatoms. The lowest BCUT2D eigenvalue weighted by atomic mass is 9.99. The highest BCUT2D eigenvalue weighted by molar-refractivity contribution is 5.67.